The largest absolute Gasteiger partial charge is 0.361 e. The average molecular weight is 317 g/mol. The molecular formula is C20H19N3O. The fourth-order valence-electron chi connectivity index (χ4n) is 3.23. The van der Waals surface area contributed by atoms with Crippen molar-refractivity contribution in [2.45, 2.75) is 13.0 Å². The predicted molar refractivity (Wildman–Crippen MR) is 98.4 cm³/mol. The summed E-state index contributed by atoms with van der Waals surface area (Å²) in [4.78, 5) is 16.2. The van der Waals surface area contributed by atoms with E-state index < -0.39 is 0 Å². The van der Waals surface area contributed by atoms with Gasteiger partial charge in [0.25, 0.3) is 5.56 Å². The van der Waals surface area contributed by atoms with E-state index >= 15 is 0 Å². The van der Waals surface area contributed by atoms with E-state index in [0.29, 0.717) is 13.1 Å². The van der Waals surface area contributed by atoms with Gasteiger partial charge in [0.1, 0.15) is 0 Å². The molecule has 24 heavy (non-hydrogen) atoms. The Hall–Kier alpha value is -2.85. The van der Waals surface area contributed by atoms with E-state index in [4.69, 9.17) is 5.73 Å². The van der Waals surface area contributed by atoms with Gasteiger partial charge in [0.15, 0.2) is 0 Å². The molecule has 0 saturated heterocycles. The molecule has 4 rings (SSSR count). The maximum atomic E-state index is 12.9. The van der Waals surface area contributed by atoms with Crippen molar-refractivity contribution in [2.24, 2.45) is 5.73 Å². The second-order valence-electron chi connectivity index (χ2n) is 6.07. The molecule has 0 amide bonds. The molecule has 0 fully saturated rings. The van der Waals surface area contributed by atoms with Crippen molar-refractivity contribution in [1.82, 2.24) is 9.55 Å². The molecule has 4 nitrogen and oxygen atoms in total. The van der Waals surface area contributed by atoms with Crippen LogP contribution in [0.5, 0.6) is 0 Å². The van der Waals surface area contributed by atoms with Crippen LogP contribution in [0.1, 0.15) is 11.1 Å². The zero-order valence-electron chi connectivity index (χ0n) is 13.3. The van der Waals surface area contributed by atoms with E-state index in [0.717, 1.165) is 39.2 Å². The van der Waals surface area contributed by atoms with Gasteiger partial charge in [0.2, 0.25) is 0 Å². The summed E-state index contributed by atoms with van der Waals surface area (Å²) in [5.41, 5.74) is 9.05. The van der Waals surface area contributed by atoms with Crippen LogP contribution in [0.15, 0.2) is 65.7 Å². The summed E-state index contributed by atoms with van der Waals surface area (Å²) in [5, 5.41) is 2.79. The third-order valence-electron chi connectivity index (χ3n) is 4.47. The van der Waals surface area contributed by atoms with Crippen LogP contribution in [-0.2, 0) is 13.0 Å². The van der Waals surface area contributed by atoms with Crippen LogP contribution in [0.4, 0.5) is 0 Å². The predicted octanol–water partition coefficient (Wildman–Crippen LogP) is 3.03. The molecule has 2 aromatic heterocycles. The number of pyridine rings is 1. The maximum absolute atomic E-state index is 12.9. The topological polar surface area (TPSA) is 63.8 Å². The zero-order valence-corrected chi connectivity index (χ0v) is 13.3. The smallest absolute Gasteiger partial charge is 0.258 e. The number of hydrogen-bond donors (Lipinski definition) is 2. The number of nitrogens with one attached hydrogen (secondary N) is 1. The number of nitrogens with two attached hydrogens (primary N) is 1. The summed E-state index contributed by atoms with van der Waals surface area (Å²) in [5.74, 6) is 0. The SMILES string of the molecule is NCCc1c[nH]c2cc3ccn(Cc4ccccc4)c(=O)c3cc12. The quantitative estimate of drug-likeness (QED) is 0.607. The Labute approximate surface area is 139 Å². The lowest BCUT2D eigenvalue weighted by atomic mass is 10.1. The molecule has 0 radical (unpaired) electrons. The maximum Gasteiger partial charge on any atom is 0.258 e. The molecule has 2 heterocycles. The van der Waals surface area contributed by atoms with Gasteiger partial charge < -0.3 is 15.3 Å². The Kier molecular flexibility index (Phi) is 3.67. The van der Waals surface area contributed by atoms with Gasteiger partial charge in [-0.3, -0.25) is 4.79 Å². The second-order valence-corrected chi connectivity index (χ2v) is 6.07. The van der Waals surface area contributed by atoms with Crippen molar-refractivity contribution in [1.29, 1.82) is 0 Å². The number of nitrogens with zero attached hydrogens (tertiary/aromatic N) is 1. The molecule has 0 spiro atoms. The zero-order chi connectivity index (χ0) is 16.5. The van der Waals surface area contributed by atoms with E-state index in [1.54, 1.807) is 4.57 Å². The molecule has 120 valence electrons. The minimum atomic E-state index is 0.0400. The van der Waals surface area contributed by atoms with Crippen LogP contribution in [-0.4, -0.2) is 16.1 Å². The van der Waals surface area contributed by atoms with Gasteiger partial charge in [-0.25, -0.2) is 0 Å². The van der Waals surface area contributed by atoms with E-state index in [1.807, 2.05) is 60.9 Å². The van der Waals surface area contributed by atoms with Crippen molar-refractivity contribution in [3.63, 3.8) is 0 Å². The molecule has 0 atom stereocenters. The first kappa shape index (κ1) is 14.7. The fourth-order valence-corrected chi connectivity index (χ4v) is 3.23. The molecule has 0 aliphatic carbocycles. The highest BCUT2D eigenvalue weighted by Gasteiger charge is 2.09. The molecule has 0 bridgehead atoms. The van der Waals surface area contributed by atoms with Gasteiger partial charge in [-0.2, -0.15) is 0 Å². The van der Waals surface area contributed by atoms with E-state index in [2.05, 4.69) is 4.98 Å². The molecule has 0 unspecified atom stereocenters. The molecule has 0 saturated carbocycles. The summed E-state index contributed by atoms with van der Waals surface area (Å²) in [6.45, 7) is 1.18. The number of fused-ring (bicyclic) bond motifs is 2. The van der Waals surface area contributed by atoms with E-state index in [1.165, 1.54) is 0 Å². The molecular weight excluding hydrogens is 298 g/mol. The lowest BCUT2D eigenvalue weighted by Gasteiger charge is -2.08. The Bertz CT molecular complexity index is 1060. The van der Waals surface area contributed by atoms with Gasteiger partial charge in [0, 0.05) is 28.7 Å². The fraction of sp³-hybridized carbons (Fsp3) is 0.150. The summed E-state index contributed by atoms with van der Waals surface area (Å²) in [6.07, 6.45) is 4.66. The van der Waals surface area contributed by atoms with Crippen LogP contribution in [0.2, 0.25) is 0 Å². The lowest BCUT2D eigenvalue weighted by molar-refractivity contribution is 0.768. The second kappa shape index (κ2) is 5.98. The minimum absolute atomic E-state index is 0.0400. The molecule has 0 aliphatic rings. The average Bonchev–Trinajstić information content (AvgIpc) is 3.00. The number of aromatic amines is 1. The Morgan fingerprint density at radius 3 is 2.67 bits per heavy atom. The first-order chi connectivity index (χ1) is 11.8. The normalized spacial score (nSPS) is 11.4. The molecule has 2 aromatic carbocycles. The Morgan fingerprint density at radius 2 is 1.88 bits per heavy atom. The van der Waals surface area contributed by atoms with Crippen LogP contribution in [0.3, 0.4) is 0 Å². The number of aromatic nitrogens is 2. The van der Waals surface area contributed by atoms with Crippen LogP contribution in [0.25, 0.3) is 21.7 Å². The number of hydrogen-bond acceptors (Lipinski definition) is 2. The van der Waals surface area contributed by atoms with Crippen molar-refractivity contribution in [2.75, 3.05) is 6.54 Å². The highest BCUT2D eigenvalue weighted by Crippen LogP contribution is 2.23. The van der Waals surface area contributed by atoms with Crippen LogP contribution in [0, 0.1) is 0 Å². The standard InChI is InChI=1S/C20H19N3O/c21-8-6-16-12-22-19-10-15-7-9-23(13-14-4-2-1-3-5-14)20(24)18(15)11-17(16)19/h1-5,7,9-12,22H,6,8,13,21H2. The molecule has 0 aliphatic heterocycles. The van der Waals surface area contributed by atoms with E-state index in [9.17, 15) is 4.79 Å². The number of H-pyrrole nitrogens is 1. The van der Waals surface area contributed by atoms with Gasteiger partial charge in [-0.15, -0.1) is 0 Å². The lowest BCUT2D eigenvalue weighted by Crippen LogP contribution is -2.20. The highest BCUT2D eigenvalue weighted by molar-refractivity contribution is 5.97. The summed E-state index contributed by atoms with van der Waals surface area (Å²) < 4.78 is 1.76. The third kappa shape index (κ3) is 2.51. The highest BCUT2D eigenvalue weighted by atomic mass is 16.1. The summed E-state index contributed by atoms with van der Waals surface area (Å²) in [6, 6.07) is 16.1. The summed E-state index contributed by atoms with van der Waals surface area (Å²) in [7, 11) is 0. The van der Waals surface area contributed by atoms with Crippen molar-refractivity contribution < 1.29 is 0 Å². The first-order valence-electron chi connectivity index (χ1n) is 8.13. The number of rotatable bonds is 4. The molecule has 4 aromatic rings. The monoisotopic (exact) mass is 317 g/mol. The van der Waals surface area contributed by atoms with Crippen molar-refractivity contribution in [3.05, 3.63) is 82.4 Å². The van der Waals surface area contributed by atoms with Crippen LogP contribution < -0.4 is 11.3 Å². The third-order valence-corrected chi connectivity index (χ3v) is 4.47. The van der Waals surface area contributed by atoms with Crippen LogP contribution >= 0.6 is 0 Å². The molecule has 3 N–H and O–H groups in total. The van der Waals surface area contributed by atoms with Gasteiger partial charge in [-0.05, 0) is 47.7 Å². The minimum Gasteiger partial charge on any atom is -0.361 e. The molecule has 4 heteroatoms. The number of benzene rings is 2. The van der Waals surface area contributed by atoms with Gasteiger partial charge >= 0.3 is 0 Å². The Morgan fingerprint density at radius 1 is 1.04 bits per heavy atom. The Balaban J connectivity index is 1.86. The van der Waals surface area contributed by atoms with Gasteiger partial charge in [0.05, 0.1) is 6.54 Å². The van der Waals surface area contributed by atoms with Crippen molar-refractivity contribution >= 4 is 21.7 Å². The van der Waals surface area contributed by atoms with Crippen molar-refractivity contribution in [3.8, 4) is 0 Å². The van der Waals surface area contributed by atoms with Gasteiger partial charge in [-0.1, -0.05) is 30.3 Å². The van der Waals surface area contributed by atoms with E-state index in [-0.39, 0.29) is 5.56 Å². The first-order valence-corrected chi connectivity index (χ1v) is 8.13. The summed E-state index contributed by atoms with van der Waals surface area (Å²) >= 11 is 0.